The average molecular weight is 867 g/mol. The number of carbonyl (C=O) groups excluding carboxylic acids is 7. The third-order valence-electron chi connectivity index (χ3n) is 11.4. The largest absolute Gasteiger partial charge is 0.391 e. The van der Waals surface area contributed by atoms with Crippen LogP contribution < -0.4 is 21.3 Å². The fourth-order valence-corrected chi connectivity index (χ4v) is 7.84. The number of likely N-dealkylation sites (tertiary alicyclic amines) is 1. The maximum absolute atomic E-state index is 14.5. The van der Waals surface area contributed by atoms with Crippen LogP contribution in [0.15, 0.2) is 18.2 Å². The van der Waals surface area contributed by atoms with Gasteiger partial charge in [-0.1, -0.05) is 71.2 Å². The fourth-order valence-electron chi connectivity index (χ4n) is 7.45. The van der Waals surface area contributed by atoms with E-state index in [1.165, 1.54) is 35.7 Å². The standard InChI is InChI=1S/C42H65Cl2N7O8/c1-10-14-30-35(53)45-18-13-12-15-32(49(8)39(57)25(5)46-38(56)34-22-28(52)23-51(34)41(59)42(6,7)11-2)36(54)48-31(19-24(3)4)40(58)50(9)33(37(55)47-30)21-26-20-27(43)16-17-29(26)44/h16-17,20,24-25,28,30-34,52H,10-15,18-19,21-23H2,1-9H3,(H,45,53)(H,46,56)(H,47,55)(H,48,54)/t25-,28-,30+,31-,32-,33-,34-/m0/s1. The van der Waals surface area contributed by atoms with Crippen molar-refractivity contribution in [1.29, 1.82) is 0 Å². The molecule has 1 aromatic rings. The van der Waals surface area contributed by atoms with E-state index in [-0.39, 0.29) is 50.6 Å². The molecule has 17 heteroatoms. The second-order valence-corrected chi connectivity index (χ2v) is 17.9. The molecule has 5 N–H and O–H groups in total. The summed E-state index contributed by atoms with van der Waals surface area (Å²) >= 11 is 12.8. The summed E-state index contributed by atoms with van der Waals surface area (Å²) in [6.45, 7) is 12.8. The molecule has 0 saturated carbocycles. The summed E-state index contributed by atoms with van der Waals surface area (Å²) in [6.07, 6.45) is 1.75. The Balaban J connectivity index is 1.95. The highest BCUT2D eigenvalue weighted by Gasteiger charge is 2.44. The molecule has 2 fully saturated rings. The number of amides is 7. The van der Waals surface area contributed by atoms with Gasteiger partial charge in [-0.3, -0.25) is 33.6 Å². The summed E-state index contributed by atoms with van der Waals surface area (Å²) in [4.78, 5) is 101. The Hall–Kier alpha value is -3.95. The van der Waals surface area contributed by atoms with Gasteiger partial charge in [-0.15, -0.1) is 0 Å². The lowest BCUT2D eigenvalue weighted by Gasteiger charge is -2.35. The van der Waals surface area contributed by atoms with Gasteiger partial charge in [0.05, 0.1) is 6.10 Å². The molecular formula is C42H65Cl2N7O8. The number of hydrogen-bond acceptors (Lipinski definition) is 8. The molecule has 15 nitrogen and oxygen atoms in total. The molecule has 0 unspecified atom stereocenters. The molecule has 0 spiro atoms. The van der Waals surface area contributed by atoms with Crippen molar-refractivity contribution in [3.05, 3.63) is 33.8 Å². The van der Waals surface area contributed by atoms with Crippen LogP contribution in [0.2, 0.25) is 10.0 Å². The lowest BCUT2D eigenvalue weighted by Crippen LogP contribution is -2.60. The zero-order chi connectivity index (χ0) is 44.4. The molecule has 7 atom stereocenters. The maximum atomic E-state index is 14.5. The van der Waals surface area contributed by atoms with E-state index in [4.69, 9.17) is 23.2 Å². The Morgan fingerprint density at radius 2 is 1.66 bits per heavy atom. The molecule has 0 bridgehead atoms. The summed E-state index contributed by atoms with van der Waals surface area (Å²) in [7, 11) is 2.91. The Labute approximate surface area is 359 Å². The number of hydrogen-bond donors (Lipinski definition) is 5. The van der Waals surface area contributed by atoms with Crippen LogP contribution in [0.25, 0.3) is 0 Å². The molecule has 3 rings (SSSR count). The Morgan fingerprint density at radius 3 is 2.29 bits per heavy atom. The van der Waals surface area contributed by atoms with Crippen LogP contribution in [-0.4, -0.2) is 131 Å². The zero-order valence-corrected chi connectivity index (χ0v) is 37.5. The van der Waals surface area contributed by atoms with Gasteiger partial charge in [0, 0.05) is 55.5 Å². The number of aliphatic hydroxyl groups is 1. The smallest absolute Gasteiger partial charge is 0.245 e. The minimum Gasteiger partial charge on any atom is -0.391 e. The molecule has 2 aliphatic rings. The number of rotatable bonds is 12. The van der Waals surface area contributed by atoms with Crippen LogP contribution in [0.5, 0.6) is 0 Å². The van der Waals surface area contributed by atoms with Gasteiger partial charge in [0.15, 0.2) is 0 Å². The van der Waals surface area contributed by atoms with Gasteiger partial charge in [-0.25, -0.2) is 0 Å². The third-order valence-corrected chi connectivity index (χ3v) is 12.0. The minimum absolute atomic E-state index is 0.00420. The van der Waals surface area contributed by atoms with Crippen LogP contribution in [0.1, 0.15) is 105 Å². The number of nitrogens with zero attached hydrogens (tertiary/aromatic N) is 3. The molecule has 2 aliphatic heterocycles. The fraction of sp³-hybridized carbons (Fsp3) is 0.690. The first kappa shape index (κ1) is 49.4. The lowest BCUT2D eigenvalue weighted by atomic mass is 9.88. The first-order chi connectivity index (χ1) is 27.6. The number of halogens is 2. The first-order valence-electron chi connectivity index (χ1n) is 20.8. The van der Waals surface area contributed by atoms with E-state index in [1.807, 2.05) is 27.7 Å². The van der Waals surface area contributed by atoms with Crippen LogP contribution in [-0.2, 0) is 40.0 Å². The van der Waals surface area contributed by atoms with Crippen LogP contribution in [0.3, 0.4) is 0 Å². The predicted molar refractivity (Wildman–Crippen MR) is 226 cm³/mol. The van der Waals surface area contributed by atoms with E-state index < -0.39 is 83.2 Å². The number of carbonyl (C=O) groups is 7. The van der Waals surface area contributed by atoms with Gasteiger partial charge in [0.1, 0.15) is 36.3 Å². The van der Waals surface area contributed by atoms with Crippen molar-refractivity contribution < 1.29 is 38.7 Å². The van der Waals surface area contributed by atoms with E-state index in [1.54, 1.807) is 32.0 Å². The SMILES string of the molecule is CCC[C@H]1NC(=O)[C@H](Cc2cc(Cl)ccc2Cl)N(C)C(=O)[C@H](CC(C)C)NC(=O)[C@@H](N(C)C(=O)[C@H](C)NC(=O)[C@@H]2C[C@H](O)CN2C(=O)C(C)(C)CC)CCCCNC1=O. The van der Waals surface area contributed by atoms with Crippen molar-refractivity contribution in [3.8, 4) is 0 Å². The second kappa shape index (κ2) is 22.1. The summed E-state index contributed by atoms with van der Waals surface area (Å²) in [5, 5.41) is 22.5. The predicted octanol–water partition coefficient (Wildman–Crippen LogP) is 3.21. The highest BCUT2D eigenvalue weighted by atomic mass is 35.5. The van der Waals surface area contributed by atoms with E-state index in [2.05, 4.69) is 21.3 Å². The first-order valence-corrected chi connectivity index (χ1v) is 21.5. The molecule has 59 heavy (non-hydrogen) atoms. The molecule has 0 radical (unpaired) electrons. The summed E-state index contributed by atoms with van der Waals surface area (Å²) in [5.74, 6) is -3.69. The molecule has 0 aliphatic carbocycles. The number of aliphatic hydroxyl groups excluding tert-OH is 1. The van der Waals surface area contributed by atoms with Crippen LogP contribution in [0.4, 0.5) is 0 Å². The molecule has 7 amide bonds. The van der Waals surface area contributed by atoms with Crippen molar-refractivity contribution in [2.24, 2.45) is 11.3 Å². The average Bonchev–Trinajstić information content (AvgIpc) is 3.58. The minimum atomic E-state index is -1.16. The Morgan fingerprint density at radius 1 is 1.00 bits per heavy atom. The molecule has 2 heterocycles. The van der Waals surface area contributed by atoms with Crippen molar-refractivity contribution in [1.82, 2.24) is 36.0 Å². The number of nitrogens with one attached hydrogen (secondary N) is 4. The van der Waals surface area contributed by atoms with Crippen molar-refractivity contribution >= 4 is 64.6 Å². The topological polar surface area (TPSA) is 198 Å². The molecule has 0 aromatic heterocycles. The number of likely N-dealkylation sites (N-methyl/N-ethyl adjacent to an activating group) is 2. The van der Waals surface area contributed by atoms with E-state index in [0.717, 1.165) is 0 Å². The maximum Gasteiger partial charge on any atom is 0.245 e. The highest BCUT2D eigenvalue weighted by Crippen LogP contribution is 2.29. The van der Waals surface area contributed by atoms with Crippen LogP contribution in [0, 0.1) is 11.3 Å². The molecule has 1 aromatic carbocycles. The summed E-state index contributed by atoms with van der Waals surface area (Å²) in [5.41, 5.74) is -0.258. The van der Waals surface area contributed by atoms with Crippen molar-refractivity contribution in [2.45, 2.75) is 149 Å². The van der Waals surface area contributed by atoms with Crippen molar-refractivity contribution in [3.63, 3.8) is 0 Å². The lowest BCUT2D eigenvalue weighted by molar-refractivity contribution is -0.147. The van der Waals surface area contributed by atoms with E-state index in [9.17, 15) is 38.7 Å². The molecule has 2 saturated heterocycles. The number of benzene rings is 1. The van der Waals surface area contributed by atoms with Crippen molar-refractivity contribution in [2.75, 3.05) is 27.2 Å². The number of β-amino-alcohol motifs (C(OH)–C–C–N with tert-alkyl or cyclic N) is 1. The van der Waals surface area contributed by atoms with Gasteiger partial charge in [-0.2, -0.15) is 0 Å². The van der Waals surface area contributed by atoms with Gasteiger partial charge < -0.3 is 41.1 Å². The monoisotopic (exact) mass is 865 g/mol. The highest BCUT2D eigenvalue weighted by molar-refractivity contribution is 6.33. The van der Waals surface area contributed by atoms with Gasteiger partial charge >= 0.3 is 0 Å². The molecular weight excluding hydrogens is 801 g/mol. The van der Waals surface area contributed by atoms with Gasteiger partial charge in [0.25, 0.3) is 0 Å². The second-order valence-electron chi connectivity index (χ2n) is 17.0. The molecule has 330 valence electrons. The zero-order valence-electron chi connectivity index (χ0n) is 36.0. The normalized spacial score (nSPS) is 24.6. The van der Waals surface area contributed by atoms with E-state index in [0.29, 0.717) is 47.7 Å². The summed E-state index contributed by atoms with van der Waals surface area (Å²) < 4.78 is 0. The quantitative estimate of drug-likeness (QED) is 0.211. The third kappa shape index (κ3) is 13.3. The van der Waals surface area contributed by atoms with Crippen LogP contribution >= 0.6 is 23.2 Å². The Kier molecular flexibility index (Phi) is 18.5. The van der Waals surface area contributed by atoms with E-state index >= 15 is 0 Å². The van der Waals surface area contributed by atoms with Gasteiger partial charge in [0.2, 0.25) is 41.4 Å². The Bertz CT molecular complexity index is 1690. The van der Waals surface area contributed by atoms with Gasteiger partial charge in [-0.05, 0) is 75.1 Å². The summed E-state index contributed by atoms with van der Waals surface area (Å²) in [6, 6.07) is -1.53.